The Morgan fingerprint density at radius 2 is 1.83 bits per heavy atom. The van der Waals surface area contributed by atoms with Gasteiger partial charge in [-0.15, -0.1) is 0 Å². The van der Waals surface area contributed by atoms with E-state index in [0.29, 0.717) is 18.6 Å². The van der Waals surface area contributed by atoms with E-state index in [4.69, 9.17) is 4.74 Å². The zero-order chi connectivity index (χ0) is 12.1. The van der Waals surface area contributed by atoms with Crippen molar-refractivity contribution in [3.63, 3.8) is 0 Å². The zero-order valence-corrected chi connectivity index (χ0v) is 11.0. The summed E-state index contributed by atoms with van der Waals surface area (Å²) >= 11 is 0. The van der Waals surface area contributed by atoms with Gasteiger partial charge < -0.3 is 9.64 Å². The molecule has 18 heavy (non-hydrogen) atoms. The maximum Gasteiger partial charge on any atom is 0.228 e. The van der Waals surface area contributed by atoms with Crippen molar-refractivity contribution in [1.82, 2.24) is 4.90 Å². The molecule has 0 radical (unpaired) electrons. The minimum Gasteiger partial charge on any atom is -0.381 e. The number of hydrogen-bond donors (Lipinski definition) is 0. The van der Waals surface area contributed by atoms with Gasteiger partial charge in [0.05, 0.1) is 12.5 Å². The number of nitrogens with zero attached hydrogens (tertiary/aromatic N) is 1. The number of likely N-dealkylation sites (tertiary alicyclic amines) is 1. The first kappa shape index (κ1) is 11.3. The second-order valence-electron chi connectivity index (χ2n) is 6.73. The smallest absolute Gasteiger partial charge is 0.228 e. The number of rotatable bonds is 3. The molecule has 3 atom stereocenters. The van der Waals surface area contributed by atoms with Crippen LogP contribution in [0, 0.1) is 23.7 Å². The number of carbonyl (C=O) groups is 1. The van der Waals surface area contributed by atoms with Crippen molar-refractivity contribution in [3.05, 3.63) is 0 Å². The maximum absolute atomic E-state index is 12.6. The number of carbonyl (C=O) groups excluding carboxylic acids is 1. The van der Waals surface area contributed by atoms with E-state index in [-0.39, 0.29) is 5.92 Å². The number of hydrogen-bond acceptors (Lipinski definition) is 2. The van der Waals surface area contributed by atoms with Gasteiger partial charge in [-0.3, -0.25) is 4.79 Å². The second kappa shape index (κ2) is 4.22. The first-order valence-electron chi connectivity index (χ1n) is 7.73. The maximum atomic E-state index is 12.6. The van der Waals surface area contributed by atoms with Crippen LogP contribution in [0.15, 0.2) is 0 Å². The summed E-state index contributed by atoms with van der Waals surface area (Å²) in [6, 6.07) is 0.618. The van der Waals surface area contributed by atoms with Crippen molar-refractivity contribution in [2.45, 2.75) is 44.6 Å². The van der Waals surface area contributed by atoms with Gasteiger partial charge in [0.25, 0.3) is 0 Å². The third-order valence-electron chi connectivity index (χ3n) is 5.33. The first-order valence-corrected chi connectivity index (χ1v) is 7.73. The van der Waals surface area contributed by atoms with E-state index >= 15 is 0 Å². The molecule has 1 amide bonds. The van der Waals surface area contributed by atoms with Crippen LogP contribution in [0.3, 0.4) is 0 Å². The van der Waals surface area contributed by atoms with Crippen LogP contribution in [0.1, 0.15) is 38.5 Å². The van der Waals surface area contributed by atoms with Crippen LogP contribution in [-0.4, -0.2) is 36.6 Å². The molecule has 100 valence electrons. The summed E-state index contributed by atoms with van der Waals surface area (Å²) in [5.41, 5.74) is 0. The Balaban J connectivity index is 1.42. The summed E-state index contributed by atoms with van der Waals surface area (Å²) in [5.74, 6) is 3.23. The van der Waals surface area contributed by atoms with E-state index < -0.39 is 0 Å². The molecule has 2 saturated carbocycles. The van der Waals surface area contributed by atoms with E-state index in [0.717, 1.165) is 43.7 Å². The molecule has 0 spiro atoms. The van der Waals surface area contributed by atoms with E-state index in [9.17, 15) is 4.79 Å². The molecule has 4 rings (SSSR count). The summed E-state index contributed by atoms with van der Waals surface area (Å²) in [6.07, 6.45) is 7.66. The lowest BCUT2D eigenvalue weighted by atomic mass is 9.80. The summed E-state index contributed by atoms with van der Waals surface area (Å²) in [7, 11) is 0. The van der Waals surface area contributed by atoms with Gasteiger partial charge in [-0.05, 0) is 50.4 Å². The van der Waals surface area contributed by atoms with Crippen molar-refractivity contribution in [3.8, 4) is 0 Å². The van der Waals surface area contributed by atoms with Crippen molar-refractivity contribution in [2.24, 2.45) is 23.7 Å². The van der Waals surface area contributed by atoms with Gasteiger partial charge in [0, 0.05) is 25.1 Å². The van der Waals surface area contributed by atoms with E-state index in [2.05, 4.69) is 4.90 Å². The van der Waals surface area contributed by atoms with Gasteiger partial charge in [-0.1, -0.05) is 0 Å². The SMILES string of the molecule is O=C([C@@H]1CCCOC1)N1C[C@H](C2CC2)[C@@H]1C1CC1. The molecular weight excluding hydrogens is 226 g/mol. The van der Waals surface area contributed by atoms with E-state index in [1.165, 1.54) is 25.7 Å². The average Bonchev–Trinajstić information content (AvgIpc) is 3.22. The third-order valence-corrected chi connectivity index (χ3v) is 5.33. The molecule has 0 N–H and O–H groups in total. The number of ether oxygens (including phenoxy) is 1. The summed E-state index contributed by atoms with van der Waals surface area (Å²) < 4.78 is 5.47. The Bertz CT molecular complexity index is 342. The molecule has 3 heteroatoms. The summed E-state index contributed by atoms with van der Waals surface area (Å²) in [6.45, 7) is 2.57. The fourth-order valence-electron chi connectivity index (χ4n) is 3.95. The predicted octanol–water partition coefficient (Wildman–Crippen LogP) is 2.06. The van der Waals surface area contributed by atoms with Crippen LogP contribution in [0.2, 0.25) is 0 Å². The Hall–Kier alpha value is -0.570. The largest absolute Gasteiger partial charge is 0.381 e. The van der Waals surface area contributed by atoms with Crippen LogP contribution in [0.25, 0.3) is 0 Å². The highest BCUT2D eigenvalue weighted by atomic mass is 16.5. The van der Waals surface area contributed by atoms with Crippen LogP contribution in [0.4, 0.5) is 0 Å². The lowest BCUT2D eigenvalue weighted by Gasteiger charge is -2.50. The topological polar surface area (TPSA) is 29.5 Å². The van der Waals surface area contributed by atoms with Crippen LogP contribution < -0.4 is 0 Å². The van der Waals surface area contributed by atoms with Gasteiger partial charge in [-0.2, -0.15) is 0 Å². The van der Waals surface area contributed by atoms with Gasteiger partial charge in [0.15, 0.2) is 0 Å². The lowest BCUT2D eigenvalue weighted by Crippen LogP contribution is -2.62. The molecule has 0 aromatic rings. The van der Waals surface area contributed by atoms with E-state index in [1.54, 1.807) is 0 Å². The van der Waals surface area contributed by atoms with Gasteiger partial charge in [0.1, 0.15) is 0 Å². The Kier molecular flexibility index (Phi) is 2.65. The molecule has 2 aliphatic heterocycles. The lowest BCUT2D eigenvalue weighted by molar-refractivity contribution is -0.155. The summed E-state index contributed by atoms with van der Waals surface area (Å²) in [5, 5.41) is 0. The Morgan fingerprint density at radius 1 is 1.06 bits per heavy atom. The highest BCUT2D eigenvalue weighted by Gasteiger charge is 2.55. The molecule has 3 nitrogen and oxygen atoms in total. The van der Waals surface area contributed by atoms with Gasteiger partial charge in [-0.25, -0.2) is 0 Å². The fraction of sp³-hybridized carbons (Fsp3) is 0.933. The molecule has 0 aromatic heterocycles. The van der Waals surface area contributed by atoms with Crippen molar-refractivity contribution in [1.29, 1.82) is 0 Å². The molecule has 2 heterocycles. The normalized spacial score (nSPS) is 40.4. The van der Waals surface area contributed by atoms with E-state index in [1.807, 2.05) is 0 Å². The molecule has 4 fully saturated rings. The number of amides is 1. The minimum absolute atomic E-state index is 0.167. The predicted molar refractivity (Wildman–Crippen MR) is 68.0 cm³/mol. The zero-order valence-electron chi connectivity index (χ0n) is 11.0. The molecule has 0 unspecified atom stereocenters. The minimum atomic E-state index is 0.167. The quantitative estimate of drug-likeness (QED) is 0.766. The van der Waals surface area contributed by atoms with Crippen molar-refractivity contribution < 1.29 is 9.53 Å². The van der Waals surface area contributed by atoms with Crippen LogP contribution >= 0.6 is 0 Å². The molecule has 0 aromatic carbocycles. The molecule has 4 aliphatic rings. The highest BCUT2D eigenvalue weighted by Crippen LogP contribution is 2.52. The molecule has 2 aliphatic carbocycles. The Morgan fingerprint density at radius 3 is 2.44 bits per heavy atom. The second-order valence-corrected chi connectivity index (χ2v) is 6.73. The highest BCUT2D eigenvalue weighted by molar-refractivity contribution is 5.80. The van der Waals surface area contributed by atoms with Crippen molar-refractivity contribution in [2.75, 3.05) is 19.8 Å². The first-order chi connectivity index (χ1) is 8.84. The standard InChI is InChI=1S/C15H23NO2/c17-15(12-2-1-7-18-9-12)16-8-13(10-3-4-10)14(16)11-5-6-11/h10-14H,1-9H2/t12-,13-,14+/m1/s1. The average molecular weight is 249 g/mol. The van der Waals surface area contributed by atoms with Gasteiger partial charge >= 0.3 is 0 Å². The third kappa shape index (κ3) is 1.87. The summed E-state index contributed by atoms with van der Waals surface area (Å²) in [4.78, 5) is 14.8. The molecular formula is C15H23NO2. The van der Waals surface area contributed by atoms with Crippen LogP contribution in [-0.2, 0) is 9.53 Å². The molecule has 2 saturated heterocycles. The monoisotopic (exact) mass is 249 g/mol. The molecule has 0 bridgehead atoms. The van der Waals surface area contributed by atoms with Crippen LogP contribution in [0.5, 0.6) is 0 Å². The Labute approximate surface area is 109 Å². The van der Waals surface area contributed by atoms with Crippen molar-refractivity contribution >= 4 is 5.91 Å². The van der Waals surface area contributed by atoms with Gasteiger partial charge in [0.2, 0.25) is 5.91 Å². The fourth-order valence-corrected chi connectivity index (χ4v) is 3.95.